The molecule has 0 saturated heterocycles. The molecule has 0 unspecified atom stereocenters. The van der Waals surface area contributed by atoms with E-state index >= 15 is 0 Å². The van der Waals surface area contributed by atoms with Gasteiger partial charge in [-0.2, -0.15) is 13.2 Å². The molecule has 1 aromatic rings. The Morgan fingerprint density at radius 1 is 1.33 bits per heavy atom. The zero-order chi connectivity index (χ0) is 18.1. The highest BCUT2D eigenvalue weighted by atomic mass is 19.4. The smallest absolute Gasteiger partial charge is 0.417 e. The molecule has 0 heterocycles. The average molecular weight is 341 g/mol. The minimum Gasteiger partial charge on any atom is -0.462 e. The number of ether oxygens (including phenoxy) is 1. The second-order valence-electron chi connectivity index (χ2n) is 6.01. The summed E-state index contributed by atoms with van der Waals surface area (Å²) in [4.78, 5) is 12.4. The number of nitrogens with one attached hydrogen (secondary N) is 1. The molecule has 132 valence electrons. The number of carbonyl (C=O) groups is 1. The summed E-state index contributed by atoms with van der Waals surface area (Å²) >= 11 is 0. The first kappa shape index (κ1) is 18.4. The number of halogens is 3. The standard InChI is InChI=1S/C18H22F3NO2/c1-5-24-17(23)16(11(3)12-6-7-12)13-8-10(2)15(22-4)9-14(13)18(19,20)21/h8-9,12,22H,5-7H2,1-4H3/b16-11+. The van der Waals surface area contributed by atoms with Crippen molar-refractivity contribution >= 4 is 17.2 Å². The fourth-order valence-corrected chi connectivity index (χ4v) is 2.83. The van der Waals surface area contributed by atoms with Crippen LogP contribution in [-0.4, -0.2) is 19.6 Å². The molecule has 0 aromatic heterocycles. The van der Waals surface area contributed by atoms with E-state index < -0.39 is 17.7 Å². The molecule has 3 nitrogen and oxygen atoms in total. The SMILES string of the molecule is CCOC(=O)/C(=C(\C)C1CC1)c1cc(C)c(NC)cc1C(F)(F)F. The molecule has 0 spiro atoms. The molecule has 0 radical (unpaired) electrons. The van der Waals surface area contributed by atoms with Crippen LogP contribution in [0.3, 0.4) is 0 Å². The van der Waals surface area contributed by atoms with Crippen LogP contribution in [0.4, 0.5) is 18.9 Å². The van der Waals surface area contributed by atoms with E-state index in [1.807, 2.05) is 0 Å². The lowest BCUT2D eigenvalue weighted by atomic mass is 9.91. The number of alkyl halides is 3. The second kappa shape index (κ2) is 6.87. The van der Waals surface area contributed by atoms with Gasteiger partial charge in [-0.3, -0.25) is 0 Å². The number of rotatable bonds is 5. The van der Waals surface area contributed by atoms with Crippen LogP contribution in [0.2, 0.25) is 0 Å². The van der Waals surface area contributed by atoms with Crippen LogP contribution in [-0.2, 0) is 15.7 Å². The Morgan fingerprint density at radius 2 is 1.96 bits per heavy atom. The Kier molecular flexibility index (Phi) is 5.26. The zero-order valence-electron chi connectivity index (χ0n) is 14.3. The van der Waals surface area contributed by atoms with Crippen LogP contribution < -0.4 is 5.32 Å². The largest absolute Gasteiger partial charge is 0.462 e. The molecule has 0 atom stereocenters. The number of hydrogen-bond acceptors (Lipinski definition) is 3. The number of hydrogen-bond donors (Lipinski definition) is 1. The Labute approximate surface area is 139 Å². The summed E-state index contributed by atoms with van der Waals surface area (Å²) in [5.74, 6) is -0.529. The van der Waals surface area contributed by atoms with Crippen LogP contribution in [0, 0.1) is 12.8 Å². The first-order chi connectivity index (χ1) is 11.2. The molecule has 24 heavy (non-hydrogen) atoms. The first-order valence-corrected chi connectivity index (χ1v) is 7.98. The van der Waals surface area contributed by atoms with Crippen molar-refractivity contribution in [2.75, 3.05) is 19.0 Å². The molecule has 1 saturated carbocycles. The van der Waals surface area contributed by atoms with E-state index in [1.54, 1.807) is 27.8 Å². The van der Waals surface area contributed by atoms with E-state index in [-0.39, 0.29) is 23.7 Å². The van der Waals surface area contributed by atoms with Crippen molar-refractivity contribution in [3.8, 4) is 0 Å². The molecule has 1 fully saturated rings. The number of anilines is 1. The number of carbonyl (C=O) groups excluding carboxylic acids is 1. The molecule has 6 heteroatoms. The van der Waals surface area contributed by atoms with Gasteiger partial charge in [0.15, 0.2) is 0 Å². The summed E-state index contributed by atoms with van der Waals surface area (Å²) in [7, 11) is 1.57. The highest BCUT2D eigenvalue weighted by molar-refractivity contribution is 6.18. The van der Waals surface area contributed by atoms with Gasteiger partial charge >= 0.3 is 12.1 Å². The van der Waals surface area contributed by atoms with Gasteiger partial charge in [0, 0.05) is 18.3 Å². The van der Waals surface area contributed by atoms with Crippen molar-refractivity contribution < 1.29 is 22.7 Å². The van der Waals surface area contributed by atoms with Gasteiger partial charge in [-0.15, -0.1) is 0 Å². The van der Waals surface area contributed by atoms with E-state index in [4.69, 9.17) is 4.74 Å². The van der Waals surface area contributed by atoms with Gasteiger partial charge in [-0.1, -0.05) is 5.57 Å². The van der Waals surface area contributed by atoms with Crippen molar-refractivity contribution in [1.82, 2.24) is 0 Å². The average Bonchev–Trinajstić information content (AvgIpc) is 3.31. The van der Waals surface area contributed by atoms with E-state index in [0.717, 1.165) is 18.9 Å². The maximum Gasteiger partial charge on any atom is 0.417 e. The number of aryl methyl sites for hydroxylation is 1. The Bertz CT molecular complexity index is 674. The molecular weight excluding hydrogens is 319 g/mol. The van der Waals surface area contributed by atoms with Gasteiger partial charge in [0.05, 0.1) is 17.7 Å². The predicted octanol–water partition coefficient (Wildman–Crippen LogP) is 4.80. The maximum absolute atomic E-state index is 13.6. The summed E-state index contributed by atoms with van der Waals surface area (Å²) in [6.45, 7) is 5.20. The summed E-state index contributed by atoms with van der Waals surface area (Å²) in [6.07, 6.45) is -2.77. The second-order valence-corrected chi connectivity index (χ2v) is 6.01. The predicted molar refractivity (Wildman–Crippen MR) is 87.7 cm³/mol. The molecule has 1 aromatic carbocycles. The minimum absolute atomic E-state index is 0.0532. The third-order valence-corrected chi connectivity index (χ3v) is 4.27. The molecule has 1 aliphatic carbocycles. The third-order valence-electron chi connectivity index (χ3n) is 4.27. The molecular formula is C18H22F3NO2. The van der Waals surface area contributed by atoms with Gasteiger partial charge in [-0.25, -0.2) is 4.79 Å². The van der Waals surface area contributed by atoms with E-state index in [0.29, 0.717) is 16.8 Å². The van der Waals surface area contributed by atoms with E-state index in [9.17, 15) is 18.0 Å². The Morgan fingerprint density at radius 3 is 2.42 bits per heavy atom. The Hall–Kier alpha value is -1.98. The fourth-order valence-electron chi connectivity index (χ4n) is 2.83. The lowest BCUT2D eigenvalue weighted by Gasteiger charge is -2.20. The van der Waals surface area contributed by atoms with Crippen LogP contribution in [0.1, 0.15) is 43.4 Å². The minimum atomic E-state index is -4.56. The molecule has 1 N–H and O–H groups in total. The summed E-state index contributed by atoms with van der Waals surface area (Å²) < 4.78 is 45.8. The molecule has 1 aliphatic rings. The summed E-state index contributed by atoms with van der Waals surface area (Å²) in [5.41, 5.74) is 0.847. The summed E-state index contributed by atoms with van der Waals surface area (Å²) in [5, 5.41) is 2.76. The lowest BCUT2D eigenvalue weighted by molar-refractivity contribution is -0.138. The van der Waals surface area contributed by atoms with Crippen molar-refractivity contribution in [2.45, 2.75) is 39.8 Å². The maximum atomic E-state index is 13.6. The van der Waals surface area contributed by atoms with Gasteiger partial charge < -0.3 is 10.1 Å². The molecule has 0 bridgehead atoms. The zero-order valence-corrected chi connectivity index (χ0v) is 14.3. The van der Waals surface area contributed by atoms with Crippen LogP contribution in [0.5, 0.6) is 0 Å². The summed E-state index contributed by atoms with van der Waals surface area (Å²) in [6, 6.07) is 2.48. The lowest BCUT2D eigenvalue weighted by Crippen LogP contribution is -2.16. The number of allylic oxidation sites excluding steroid dienone is 1. The van der Waals surface area contributed by atoms with Crippen LogP contribution >= 0.6 is 0 Å². The van der Waals surface area contributed by atoms with Gasteiger partial charge in [0.25, 0.3) is 0 Å². The van der Waals surface area contributed by atoms with E-state index in [1.165, 1.54) is 6.07 Å². The fraction of sp³-hybridized carbons (Fsp3) is 0.500. The monoisotopic (exact) mass is 341 g/mol. The van der Waals surface area contributed by atoms with Crippen molar-refractivity contribution in [3.05, 3.63) is 34.4 Å². The van der Waals surface area contributed by atoms with Gasteiger partial charge in [0.2, 0.25) is 0 Å². The molecule has 2 rings (SSSR count). The van der Waals surface area contributed by atoms with Crippen molar-refractivity contribution in [1.29, 1.82) is 0 Å². The van der Waals surface area contributed by atoms with Crippen LogP contribution in [0.15, 0.2) is 17.7 Å². The quantitative estimate of drug-likeness (QED) is 0.617. The van der Waals surface area contributed by atoms with Gasteiger partial charge in [-0.05, 0) is 57.2 Å². The molecule has 0 aliphatic heterocycles. The topological polar surface area (TPSA) is 38.3 Å². The Balaban J connectivity index is 2.71. The van der Waals surface area contributed by atoms with Gasteiger partial charge in [0.1, 0.15) is 0 Å². The van der Waals surface area contributed by atoms with Crippen molar-refractivity contribution in [2.24, 2.45) is 5.92 Å². The number of esters is 1. The molecule has 0 amide bonds. The highest BCUT2D eigenvalue weighted by Crippen LogP contribution is 2.44. The van der Waals surface area contributed by atoms with E-state index in [2.05, 4.69) is 5.32 Å². The van der Waals surface area contributed by atoms with Crippen LogP contribution in [0.25, 0.3) is 5.57 Å². The number of benzene rings is 1. The van der Waals surface area contributed by atoms with Crippen molar-refractivity contribution in [3.63, 3.8) is 0 Å². The third kappa shape index (κ3) is 3.74. The first-order valence-electron chi connectivity index (χ1n) is 7.98. The normalized spacial score (nSPS) is 15.8. The highest BCUT2D eigenvalue weighted by Gasteiger charge is 2.38.